The second kappa shape index (κ2) is 21.2. The number of ether oxygens (including phenoxy) is 4. The predicted molar refractivity (Wildman–Crippen MR) is 218 cm³/mol. The molecular formula is C40H47ClN6O8S2. The van der Waals surface area contributed by atoms with Crippen LogP contribution >= 0.6 is 10.7 Å². The Hall–Kier alpha value is -5.39. The fourth-order valence-corrected chi connectivity index (χ4v) is 7.18. The van der Waals surface area contributed by atoms with Crippen molar-refractivity contribution in [3.05, 3.63) is 144 Å². The van der Waals surface area contributed by atoms with Crippen molar-refractivity contribution in [2.45, 2.75) is 36.2 Å². The van der Waals surface area contributed by atoms with Crippen LogP contribution < -0.4 is 24.3 Å². The summed E-state index contributed by atoms with van der Waals surface area (Å²) in [4.78, 5) is 0. The van der Waals surface area contributed by atoms with Crippen molar-refractivity contribution in [3.63, 3.8) is 0 Å². The van der Waals surface area contributed by atoms with E-state index in [-0.39, 0.29) is 23.1 Å². The molecule has 0 bridgehead atoms. The van der Waals surface area contributed by atoms with Crippen LogP contribution in [0.25, 0.3) is 0 Å². The van der Waals surface area contributed by atoms with E-state index in [1.165, 1.54) is 43.1 Å². The Bertz CT molecular complexity index is 2240. The highest BCUT2D eigenvalue weighted by atomic mass is 35.7. The molecule has 0 saturated heterocycles. The Kier molecular flexibility index (Phi) is 16.5. The van der Waals surface area contributed by atoms with Gasteiger partial charge in [-0.1, -0.05) is 48.5 Å². The van der Waals surface area contributed by atoms with E-state index in [9.17, 15) is 16.8 Å². The lowest BCUT2D eigenvalue weighted by Gasteiger charge is -2.21. The molecule has 0 amide bonds. The second-order valence-electron chi connectivity index (χ2n) is 12.4. The van der Waals surface area contributed by atoms with Crippen molar-refractivity contribution in [2.24, 2.45) is 14.1 Å². The minimum absolute atomic E-state index is 0.0250. The maximum absolute atomic E-state index is 13.2. The van der Waals surface area contributed by atoms with Crippen molar-refractivity contribution in [2.75, 3.05) is 28.4 Å². The summed E-state index contributed by atoms with van der Waals surface area (Å²) >= 11 is 0. The molecular weight excluding hydrogens is 792 g/mol. The van der Waals surface area contributed by atoms with Crippen LogP contribution in [0.5, 0.6) is 23.0 Å². The summed E-state index contributed by atoms with van der Waals surface area (Å²) in [5.74, 6) is 3.22. The molecule has 57 heavy (non-hydrogen) atoms. The summed E-state index contributed by atoms with van der Waals surface area (Å²) in [5, 5.41) is 11.0. The average molecular weight is 839 g/mol. The van der Waals surface area contributed by atoms with Crippen molar-refractivity contribution >= 4 is 29.8 Å². The molecule has 0 atom stereocenters. The van der Waals surface area contributed by atoms with Crippen LogP contribution in [-0.2, 0) is 59.3 Å². The number of rotatable bonds is 15. The predicted octanol–water partition coefficient (Wildman–Crippen LogP) is 6.17. The Balaban J connectivity index is 0.000000213. The first-order chi connectivity index (χ1) is 27.2. The molecule has 0 radical (unpaired) electrons. The molecule has 14 nitrogen and oxygen atoms in total. The number of nitrogens with zero attached hydrogens (tertiary/aromatic N) is 5. The van der Waals surface area contributed by atoms with Gasteiger partial charge in [0, 0.05) is 63.4 Å². The van der Waals surface area contributed by atoms with Crippen molar-refractivity contribution in [3.8, 4) is 23.0 Å². The van der Waals surface area contributed by atoms with Gasteiger partial charge in [-0.05, 0) is 82.9 Å². The zero-order valence-electron chi connectivity index (χ0n) is 32.6. The number of benzene rings is 4. The number of sulfonamides is 1. The van der Waals surface area contributed by atoms with Gasteiger partial charge in [-0.25, -0.2) is 16.8 Å². The van der Waals surface area contributed by atoms with Gasteiger partial charge >= 0.3 is 0 Å². The Labute approximate surface area is 339 Å². The SMILES string of the molecule is COc1ccc(CN(Cc2ccc(OC)cc2)S(=O)(=O)c2ccn(C)n2)cc1.COc1ccc(CNCc2ccc(OC)cc2)cc1.Cn1ccc(S(=O)(=O)Cl)n1. The fraction of sp³-hybridized carbons (Fsp3) is 0.250. The number of nitrogens with one attached hydrogen (secondary N) is 1. The van der Waals surface area contributed by atoms with Gasteiger partial charge in [-0.3, -0.25) is 9.36 Å². The Morgan fingerprint density at radius 2 is 0.842 bits per heavy atom. The number of hydrogen-bond donors (Lipinski definition) is 1. The molecule has 2 heterocycles. The molecule has 0 unspecified atom stereocenters. The maximum Gasteiger partial charge on any atom is 0.280 e. The third kappa shape index (κ3) is 13.9. The highest BCUT2D eigenvalue weighted by molar-refractivity contribution is 8.13. The van der Waals surface area contributed by atoms with Crippen molar-refractivity contribution in [1.82, 2.24) is 29.2 Å². The van der Waals surface area contributed by atoms with Crippen LogP contribution in [0.15, 0.2) is 132 Å². The molecule has 0 fully saturated rings. The summed E-state index contributed by atoms with van der Waals surface area (Å²) in [6, 6.07) is 33.7. The standard InChI is InChI=1S/C20H23N3O4S.C16H19NO2.C4H5ClN2O2S/c1-22-13-12-20(21-22)28(24,25)23(14-16-4-8-18(26-2)9-5-16)15-17-6-10-19(27-3)11-7-17;1-18-15-7-3-13(4-8-15)11-17-12-14-5-9-16(19-2)10-6-14;1-7-3-2-4(6-7)10(5,8)9/h4-13H,14-15H2,1-3H3;3-10,17H,11-12H2,1-2H3;2-3H,1H3. The molecule has 2 aromatic heterocycles. The third-order valence-electron chi connectivity index (χ3n) is 8.24. The van der Waals surface area contributed by atoms with Crippen molar-refractivity contribution < 1.29 is 35.8 Å². The number of aromatic nitrogens is 4. The molecule has 0 spiro atoms. The summed E-state index contributed by atoms with van der Waals surface area (Å²) in [5.41, 5.74) is 4.20. The van der Waals surface area contributed by atoms with Crippen LogP contribution in [0.1, 0.15) is 22.3 Å². The first kappa shape index (κ1) is 44.3. The van der Waals surface area contributed by atoms with Gasteiger partial charge in [0.15, 0.2) is 10.1 Å². The van der Waals surface area contributed by atoms with Crippen LogP contribution in [0, 0.1) is 0 Å². The van der Waals surface area contributed by atoms with E-state index in [0.29, 0.717) is 0 Å². The summed E-state index contributed by atoms with van der Waals surface area (Å²) in [7, 11) is 7.41. The van der Waals surface area contributed by atoms with Crippen LogP contribution in [0.2, 0.25) is 0 Å². The lowest BCUT2D eigenvalue weighted by atomic mass is 10.2. The number of aryl methyl sites for hydroxylation is 2. The smallest absolute Gasteiger partial charge is 0.280 e. The minimum Gasteiger partial charge on any atom is -0.497 e. The summed E-state index contributed by atoms with van der Waals surface area (Å²) in [6.07, 6.45) is 3.13. The number of halogens is 1. The van der Waals surface area contributed by atoms with E-state index >= 15 is 0 Å². The lowest BCUT2D eigenvalue weighted by Crippen LogP contribution is -2.30. The molecule has 4 aromatic carbocycles. The molecule has 0 aliphatic rings. The average Bonchev–Trinajstić information content (AvgIpc) is 3.88. The number of hydrogen-bond acceptors (Lipinski definition) is 11. The normalized spacial score (nSPS) is 11.2. The van der Waals surface area contributed by atoms with E-state index in [4.69, 9.17) is 29.6 Å². The van der Waals surface area contributed by atoms with Crippen LogP contribution in [0.4, 0.5) is 0 Å². The van der Waals surface area contributed by atoms with Gasteiger partial charge in [0.05, 0.1) is 28.4 Å². The van der Waals surface area contributed by atoms with E-state index < -0.39 is 19.1 Å². The first-order valence-corrected chi connectivity index (χ1v) is 21.2. The minimum atomic E-state index is -3.77. The van der Waals surface area contributed by atoms with Gasteiger partial charge < -0.3 is 24.3 Å². The monoisotopic (exact) mass is 838 g/mol. The van der Waals surface area contributed by atoms with E-state index in [1.807, 2.05) is 72.8 Å². The largest absolute Gasteiger partial charge is 0.497 e. The fourth-order valence-electron chi connectivity index (χ4n) is 5.12. The highest BCUT2D eigenvalue weighted by Gasteiger charge is 2.27. The van der Waals surface area contributed by atoms with Gasteiger partial charge in [0.2, 0.25) is 0 Å². The molecule has 6 aromatic rings. The zero-order valence-corrected chi connectivity index (χ0v) is 35.0. The first-order valence-electron chi connectivity index (χ1n) is 17.4. The van der Waals surface area contributed by atoms with E-state index in [1.54, 1.807) is 48.7 Å². The molecule has 1 N–H and O–H groups in total. The molecule has 17 heteroatoms. The quantitative estimate of drug-likeness (QED) is 0.118. The lowest BCUT2D eigenvalue weighted by molar-refractivity contribution is 0.395. The van der Waals surface area contributed by atoms with Gasteiger partial charge in [-0.15, -0.1) is 0 Å². The molecule has 304 valence electrons. The van der Waals surface area contributed by atoms with Gasteiger partial charge in [0.1, 0.15) is 23.0 Å². The van der Waals surface area contributed by atoms with Crippen LogP contribution in [0.3, 0.4) is 0 Å². The molecule has 0 aliphatic carbocycles. The van der Waals surface area contributed by atoms with E-state index in [0.717, 1.165) is 47.2 Å². The summed E-state index contributed by atoms with van der Waals surface area (Å²) < 4.78 is 72.4. The maximum atomic E-state index is 13.2. The topological polar surface area (TPSA) is 156 Å². The summed E-state index contributed by atoms with van der Waals surface area (Å²) in [6.45, 7) is 2.12. The Morgan fingerprint density at radius 3 is 1.11 bits per heavy atom. The van der Waals surface area contributed by atoms with Gasteiger partial charge in [-0.2, -0.15) is 14.5 Å². The van der Waals surface area contributed by atoms with E-state index in [2.05, 4.69) is 39.8 Å². The number of methoxy groups -OCH3 is 4. The Morgan fingerprint density at radius 1 is 0.526 bits per heavy atom. The second-order valence-corrected chi connectivity index (χ2v) is 16.8. The molecule has 0 aliphatic heterocycles. The highest BCUT2D eigenvalue weighted by Crippen LogP contribution is 2.23. The van der Waals surface area contributed by atoms with Gasteiger partial charge in [0.25, 0.3) is 19.1 Å². The molecule has 6 rings (SSSR count). The van der Waals surface area contributed by atoms with Crippen LogP contribution in [-0.4, -0.2) is 69.1 Å². The van der Waals surface area contributed by atoms with Crippen molar-refractivity contribution in [1.29, 1.82) is 0 Å². The molecule has 0 saturated carbocycles. The third-order valence-corrected chi connectivity index (χ3v) is 11.1. The zero-order chi connectivity index (χ0) is 41.4.